The molecule has 8 nitrogen and oxygen atoms in total. The summed E-state index contributed by atoms with van der Waals surface area (Å²) in [6.07, 6.45) is 7.86. The first-order chi connectivity index (χ1) is 16.0. The highest BCUT2D eigenvalue weighted by molar-refractivity contribution is 6.06. The average molecular weight is 445 g/mol. The number of benzene rings is 1. The number of fused-ring (bicyclic) bond motifs is 1. The predicted molar refractivity (Wildman–Crippen MR) is 129 cm³/mol. The molecule has 1 saturated heterocycles. The monoisotopic (exact) mass is 444 g/mol. The molecule has 1 amide bonds. The second-order valence-corrected chi connectivity index (χ2v) is 8.67. The van der Waals surface area contributed by atoms with Crippen LogP contribution in [0.2, 0.25) is 0 Å². The van der Waals surface area contributed by atoms with Crippen LogP contribution in [0.4, 0.5) is 11.4 Å². The van der Waals surface area contributed by atoms with Crippen molar-refractivity contribution in [1.29, 1.82) is 0 Å². The minimum atomic E-state index is -0.298. The lowest BCUT2D eigenvalue weighted by Gasteiger charge is -2.25. The van der Waals surface area contributed by atoms with Crippen molar-refractivity contribution in [2.24, 2.45) is 7.05 Å². The van der Waals surface area contributed by atoms with E-state index in [2.05, 4.69) is 31.3 Å². The maximum Gasteiger partial charge on any atom is 0.277 e. The normalized spacial score (nSPS) is 14.5. The number of hydrogen-bond donors (Lipinski definition) is 1. The van der Waals surface area contributed by atoms with E-state index in [-0.39, 0.29) is 11.6 Å². The first kappa shape index (κ1) is 21.2. The predicted octanol–water partition coefficient (Wildman–Crippen LogP) is 4.87. The summed E-state index contributed by atoms with van der Waals surface area (Å²) in [5.74, 6) is 0.102. The topological polar surface area (TPSA) is 89.1 Å². The Morgan fingerprint density at radius 3 is 2.64 bits per heavy atom. The number of anilines is 2. The molecule has 33 heavy (non-hydrogen) atoms. The summed E-state index contributed by atoms with van der Waals surface area (Å²) < 4.78 is 7.47. The van der Waals surface area contributed by atoms with E-state index in [1.165, 1.54) is 19.1 Å². The van der Waals surface area contributed by atoms with Gasteiger partial charge in [-0.25, -0.2) is 4.98 Å². The number of carbonyl (C=O) groups excluding carboxylic acids is 1. The van der Waals surface area contributed by atoms with Crippen molar-refractivity contribution in [2.75, 3.05) is 23.3 Å². The number of hydrogen-bond acceptors (Lipinski definition) is 6. The third-order valence-electron chi connectivity index (χ3n) is 6.32. The number of aryl methyl sites for hydroxylation is 3. The zero-order valence-electron chi connectivity index (χ0n) is 19.3. The van der Waals surface area contributed by atoms with Gasteiger partial charge < -0.3 is 14.6 Å². The molecule has 1 fully saturated rings. The van der Waals surface area contributed by atoms with Crippen molar-refractivity contribution in [3.63, 3.8) is 0 Å². The fraction of sp³-hybridized carbons (Fsp3) is 0.360. The van der Waals surface area contributed by atoms with Gasteiger partial charge in [0.25, 0.3) is 5.91 Å². The van der Waals surface area contributed by atoms with E-state index in [1.54, 1.807) is 6.20 Å². The second-order valence-electron chi connectivity index (χ2n) is 8.67. The van der Waals surface area contributed by atoms with Crippen molar-refractivity contribution < 1.29 is 9.21 Å². The summed E-state index contributed by atoms with van der Waals surface area (Å²) in [6.45, 7) is 5.87. The Labute approximate surface area is 192 Å². The van der Waals surface area contributed by atoms with Gasteiger partial charge in [0.2, 0.25) is 5.89 Å². The molecular weight excluding hydrogens is 416 g/mol. The van der Waals surface area contributed by atoms with Gasteiger partial charge in [-0.2, -0.15) is 5.10 Å². The Morgan fingerprint density at radius 1 is 1.09 bits per heavy atom. The molecule has 1 aromatic carbocycles. The molecule has 4 heterocycles. The quantitative estimate of drug-likeness (QED) is 0.483. The molecule has 3 aromatic heterocycles. The number of pyridine rings is 1. The number of amides is 1. The molecule has 4 aromatic rings. The smallest absolute Gasteiger partial charge is 0.277 e. The first-order valence-corrected chi connectivity index (χ1v) is 11.4. The Hall–Kier alpha value is -3.68. The number of nitrogens with zero attached hydrogens (tertiary/aromatic N) is 5. The van der Waals surface area contributed by atoms with Crippen LogP contribution < -0.4 is 10.2 Å². The van der Waals surface area contributed by atoms with Gasteiger partial charge in [-0.1, -0.05) is 12.8 Å². The average Bonchev–Trinajstić information content (AvgIpc) is 3.29. The van der Waals surface area contributed by atoms with E-state index >= 15 is 0 Å². The highest BCUT2D eigenvalue weighted by Gasteiger charge is 2.21. The summed E-state index contributed by atoms with van der Waals surface area (Å²) in [5, 5.41) is 8.78. The SMILES string of the molecule is Cc1cc(-c2nc(C(=O)Nc3cc4c(C)n(C)nc4cc3N3CCCCCC3)co2)ccn1. The number of nitrogens with one attached hydrogen (secondary N) is 1. The summed E-state index contributed by atoms with van der Waals surface area (Å²) >= 11 is 0. The minimum absolute atomic E-state index is 0.240. The fourth-order valence-electron chi connectivity index (χ4n) is 4.41. The number of carbonyl (C=O) groups is 1. The lowest BCUT2D eigenvalue weighted by atomic mass is 10.1. The van der Waals surface area contributed by atoms with Gasteiger partial charge in [-0.3, -0.25) is 14.5 Å². The van der Waals surface area contributed by atoms with Crippen LogP contribution in [0.3, 0.4) is 0 Å². The highest BCUT2D eigenvalue weighted by atomic mass is 16.3. The first-order valence-electron chi connectivity index (χ1n) is 11.4. The van der Waals surface area contributed by atoms with Crippen LogP contribution in [0.25, 0.3) is 22.4 Å². The van der Waals surface area contributed by atoms with Crippen LogP contribution in [-0.2, 0) is 7.05 Å². The number of oxazole rings is 1. The van der Waals surface area contributed by atoms with Gasteiger partial charge >= 0.3 is 0 Å². The van der Waals surface area contributed by atoms with Gasteiger partial charge in [-0.15, -0.1) is 0 Å². The maximum absolute atomic E-state index is 13.2. The lowest BCUT2D eigenvalue weighted by Crippen LogP contribution is -2.26. The fourth-order valence-corrected chi connectivity index (χ4v) is 4.41. The Bertz CT molecular complexity index is 1310. The molecule has 0 atom stereocenters. The van der Waals surface area contributed by atoms with E-state index in [1.807, 2.05) is 43.8 Å². The van der Waals surface area contributed by atoms with Crippen molar-refractivity contribution in [1.82, 2.24) is 19.7 Å². The lowest BCUT2D eigenvalue weighted by molar-refractivity contribution is 0.102. The van der Waals surface area contributed by atoms with Gasteiger partial charge in [-0.05, 0) is 51.0 Å². The third kappa shape index (κ3) is 4.20. The standard InChI is InChI=1S/C25H28N6O2/c1-16-12-18(8-9-26-16)25-28-22(15-33-25)24(32)27-21-13-19-17(2)30(3)29-20(19)14-23(21)31-10-6-4-5-7-11-31/h8-9,12-15H,4-7,10-11H2,1-3H3,(H,27,32). The number of rotatable bonds is 4. The van der Waals surface area contributed by atoms with Crippen molar-refractivity contribution in [3.05, 3.63) is 53.8 Å². The molecule has 0 bridgehead atoms. The van der Waals surface area contributed by atoms with Crippen LogP contribution in [0.15, 0.2) is 41.1 Å². The molecular formula is C25H28N6O2. The van der Waals surface area contributed by atoms with Gasteiger partial charge in [0, 0.05) is 48.7 Å². The van der Waals surface area contributed by atoms with Crippen LogP contribution in [0.5, 0.6) is 0 Å². The summed E-state index contributed by atoms with van der Waals surface area (Å²) in [4.78, 5) is 24.2. The molecule has 0 spiro atoms. The van der Waals surface area contributed by atoms with Crippen LogP contribution in [-0.4, -0.2) is 38.7 Å². The van der Waals surface area contributed by atoms with E-state index in [9.17, 15) is 4.79 Å². The zero-order chi connectivity index (χ0) is 22.9. The molecule has 0 saturated carbocycles. The Balaban J connectivity index is 1.49. The number of aromatic nitrogens is 4. The molecule has 0 unspecified atom stereocenters. The third-order valence-corrected chi connectivity index (χ3v) is 6.32. The second kappa shape index (κ2) is 8.69. The van der Waals surface area contributed by atoms with Crippen LogP contribution >= 0.6 is 0 Å². The van der Waals surface area contributed by atoms with Crippen molar-refractivity contribution in [2.45, 2.75) is 39.5 Å². The zero-order valence-corrected chi connectivity index (χ0v) is 19.3. The summed E-state index contributed by atoms with van der Waals surface area (Å²) in [6, 6.07) is 7.82. The molecule has 5 rings (SSSR count). The largest absolute Gasteiger partial charge is 0.444 e. The molecule has 1 N–H and O–H groups in total. The van der Waals surface area contributed by atoms with E-state index in [0.29, 0.717) is 5.89 Å². The molecule has 8 heteroatoms. The molecule has 1 aliphatic rings. The van der Waals surface area contributed by atoms with E-state index in [4.69, 9.17) is 4.42 Å². The van der Waals surface area contributed by atoms with Crippen LogP contribution in [0.1, 0.15) is 47.6 Å². The molecule has 170 valence electrons. The summed E-state index contributed by atoms with van der Waals surface area (Å²) in [7, 11) is 1.94. The molecule has 0 radical (unpaired) electrons. The summed E-state index contributed by atoms with van der Waals surface area (Å²) in [5.41, 5.74) is 5.66. The van der Waals surface area contributed by atoms with Crippen molar-refractivity contribution >= 4 is 28.2 Å². The van der Waals surface area contributed by atoms with Crippen LogP contribution in [0, 0.1) is 13.8 Å². The minimum Gasteiger partial charge on any atom is -0.444 e. The van der Waals surface area contributed by atoms with E-state index < -0.39 is 0 Å². The molecule has 1 aliphatic heterocycles. The van der Waals surface area contributed by atoms with Crippen molar-refractivity contribution in [3.8, 4) is 11.5 Å². The van der Waals surface area contributed by atoms with Gasteiger partial charge in [0.15, 0.2) is 5.69 Å². The molecule has 0 aliphatic carbocycles. The Kier molecular flexibility index (Phi) is 5.58. The van der Waals surface area contributed by atoms with E-state index in [0.717, 1.165) is 65.2 Å². The van der Waals surface area contributed by atoms with Gasteiger partial charge in [0.05, 0.1) is 16.9 Å². The maximum atomic E-state index is 13.2. The highest BCUT2D eigenvalue weighted by Crippen LogP contribution is 2.34. The van der Waals surface area contributed by atoms with Gasteiger partial charge in [0.1, 0.15) is 6.26 Å². The Morgan fingerprint density at radius 2 is 1.88 bits per heavy atom.